The number of fused-ring (bicyclic) bond motifs is 1. The van der Waals surface area contributed by atoms with Gasteiger partial charge in [-0.3, -0.25) is 0 Å². The van der Waals surface area contributed by atoms with Crippen LogP contribution in [-0.4, -0.2) is 35.9 Å². The fourth-order valence-electron chi connectivity index (χ4n) is 3.22. The predicted octanol–water partition coefficient (Wildman–Crippen LogP) is 2.05. The molecule has 0 spiro atoms. The molecule has 2 aliphatic heterocycles. The minimum Gasteiger partial charge on any atom is -0.493 e. The second-order valence-corrected chi connectivity index (χ2v) is 6.11. The van der Waals surface area contributed by atoms with E-state index in [-0.39, 0.29) is 11.7 Å². The Morgan fingerprint density at radius 3 is 2.92 bits per heavy atom. The number of hydrogen-bond acceptors (Lipinski definition) is 6. The lowest BCUT2D eigenvalue weighted by molar-refractivity contribution is 0.133. The highest BCUT2D eigenvalue weighted by Gasteiger charge is 2.30. The van der Waals surface area contributed by atoms with Crippen molar-refractivity contribution in [1.29, 1.82) is 10.5 Å². The molecule has 0 aliphatic carbocycles. The van der Waals surface area contributed by atoms with Crippen molar-refractivity contribution in [3.63, 3.8) is 0 Å². The third kappa shape index (κ3) is 3.60. The summed E-state index contributed by atoms with van der Waals surface area (Å²) in [6.07, 6.45) is 5.64. The van der Waals surface area contributed by atoms with Gasteiger partial charge in [0.2, 0.25) is 0 Å². The van der Waals surface area contributed by atoms with Gasteiger partial charge in [-0.15, -0.1) is 0 Å². The number of aliphatic hydroxyl groups is 1. The minimum absolute atomic E-state index is 0.0445. The summed E-state index contributed by atoms with van der Waals surface area (Å²) >= 11 is 0. The van der Waals surface area contributed by atoms with Crippen molar-refractivity contribution in [3.8, 4) is 23.6 Å². The zero-order valence-corrected chi connectivity index (χ0v) is 14.0. The lowest BCUT2D eigenvalue weighted by atomic mass is 10.00. The molecule has 128 valence electrons. The Hall–Kier alpha value is -2.96. The molecule has 0 fully saturated rings. The Morgan fingerprint density at radius 2 is 2.20 bits per heavy atom. The molecule has 1 aromatic carbocycles. The molecule has 2 bridgehead atoms. The van der Waals surface area contributed by atoms with Gasteiger partial charge in [0.25, 0.3) is 0 Å². The first kappa shape index (κ1) is 16.9. The minimum atomic E-state index is -0.607. The largest absolute Gasteiger partial charge is 0.493 e. The number of rotatable bonds is 2. The summed E-state index contributed by atoms with van der Waals surface area (Å²) in [6, 6.07) is 7.63. The van der Waals surface area contributed by atoms with Crippen LogP contribution < -0.4 is 9.47 Å². The summed E-state index contributed by atoms with van der Waals surface area (Å²) in [5, 5.41) is 28.2. The van der Waals surface area contributed by atoms with Crippen molar-refractivity contribution >= 4 is 0 Å². The van der Waals surface area contributed by atoms with E-state index in [0.717, 1.165) is 16.9 Å². The second-order valence-electron chi connectivity index (χ2n) is 6.11. The normalized spacial score (nSPS) is 22.6. The Labute approximate surface area is 146 Å². The van der Waals surface area contributed by atoms with Gasteiger partial charge in [-0.2, -0.15) is 10.5 Å². The maximum atomic E-state index is 10.2. The summed E-state index contributed by atoms with van der Waals surface area (Å²) < 4.78 is 11.4. The molecule has 25 heavy (non-hydrogen) atoms. The highest BCUT2D eigenvalue weighted by atomic mass is 16.5. The van der Waals surface area contributed by atoms with Crippen LogP contribution in [0.4, 0.5) is 0 Å². The van der Waals surface area contributed by atoms with Crippen LogP contribution in [0.25, 0.3) is 0 Å². The van der Waals surface area contributed by atoms with E-state index in [1.54, 1.807) is 19.4 Å². The molecule has 6 heteroatoms. The van der Waals surface area contributed by atoms with Crippen molar-refractivity contribution < 1.29 is 14.6 Å². The molecule has 0 amide bonds. The second kappa shape index (κ2) is 7.29. The highest BCUT2D eigenvalue weighted by Crippen LogP contribution is 2.41. The Kier molecular flexibility index (Phi) is 4.92. The summed E-state index contributed by atoms with van der Waals surface area (Å²) in [7, 11) is 1.60. The fourth-order valence-corrected chi connectivity index (χ4v) is 3.22. The zero-order chi connectivity index (χ0) is 17.8. The molecule has 6 nitrogen and oxygen atoms in total. The molecule has 1 unspecified atom stereocenters. The smallest absolute Gasteiger partial charge is 0.165 e. The van der Waals surface area contributed by atoms with Crippen molar-refractivity contribution in [2.24, 2.45) is 0 Å². The van der Waals surface area contributed by atoms with Crippen LogP contribution in [-0.2, 0) is 13.0 Å². The SMILES string of the molecule is COc1ccc2c3c1OC(C3)C[C@@H](O)/C=C/CN(C=C(C#N)C#N)C2. The van der Waals surface area contributed by atoms with E-state index in [1.165, 1.54) is 0 Å². The Morgan fingerprint density at radius 1 is 1.40 bits per heavy atom. The van der Waals surface area contributed by atoms with Crippen molar-refractivity contribution in [3.05, 3.63) is 47.2 Å². The lowest BCUT2D eigenvalue weighted by Gasteiger charge is -2.21. The van der Waals surface area contributed by atoms with Crippen molar-refractivity contribution in [2.45, 2.75) is 31.6 Å². The fraction of sp³-hybridized carbons (Fsp3) is 0.368. The van der Waals surface area contributed by atoms with E-state index in [1.807, 2.05) is 35.2 Å². The first-order valence-corrected chi connectivity index (χ1v) is 8.10. The van der Waals surface area contributed by atoms with Crippen LogP contribution in [0.1, 0.15) is 17.5 Å². The molecular weight excluding hydrogens is 318 g/mol. The van der Waals surface area contributed by atoms with Gasteiger partial charge in [-0.05, 0) is 11.6 Å². The average molecular weight is 337 g/mol. The van der Waals surface area contributed by atoms with E-state index in [9.17, 15) is 5.11 Å². The van der Waals surface area contributed by atoms with Gasteiger partial charge in [0, 0.05) is 37.7 Å². The van der Waals surface area contributed by atoms with Gasteiger partial charge >= 0.3 is 0 Å². The summed E-state index contributed by atoms with van der Waals surface area (Å²) in [5.41, 5.74) is 2.17. The first-order chi connectivity index (χ1) is 12.1. The van der Waals surface area contributed by atoms with Gasteiger partial charge in [0.05, 0.1) is 13.2 Å². The third-order valence-electron chi connectivity index (χ3n) is 4.39. The van der Waals surface area contributed by atoms with Crippen LogP contribution in [0.3, 0.4) is 0 Å². The van der Waals surface area contributed by atoms with Crippen LogP contribution >= 0.6 is 0 Å². The van der Waals surface area contributed by atoms with Crippen LogP contribution in [0.5, 0.6) is 11.5 Å². The molecule has 0 aromatic heterocycles. The standard InChI is InChI=1S/C19H19N3O3/c1-24-18-5-4-14-12-22(11-13(9-20)10-21)6-2-3-15(23)7-16-8-17(14)19(18)25-16/h2-5,11,15-16,23H,6-8,12H2,1H3/b3-2+/t15-,16?/m0/s1. The van der Waals surface area contributed by atoms with Gasteiger partial charge in [-0.1, -0.05) is 18.2 Å². The van der Waals surface area contributed by atoms with Crippen LogP contribution in [0.2, 0.25) is 0 Å². The number of benzene rings is 1. The van der Waals surface area contributed by atoms with E-state index >= 15 is 0 Å². The number of hydrogen-bond donors (Lipinski definition) is 1. The third-order valence-corrected chi connectivity index (χ3v) is 4.39. The van der Waals surface area contributed by atoms with E-state index in [0.29, 0.717) is 31.7 Å². The molecule has 2 atom stereocenters. The molecule has 1 aromatic rings. The summed E-state index contributed by atoms with van der Waals surface area (Å²) in [5.74, 6) is 1.41. The monoisotopic (exact) mass is 337 g/mol. The van der Waals surface area contributed by atoms with Crippen LogP contribution in [0.15, 0.2) is 36.1 Å². The molecule has 2 aliphatic rings. The Balaban J connectivity index is 2.02. The highest BCUT2D eigenvalue weighted by molar-refractivity contribution is 5.53. The lowest BCUT2D eigenvalue weighted by Crippen LogP contribution is -2.20. The Bertz CT molecular complexity index is 785. The van der Waals surface area contributed by atoms with Gasteiger partial charge < -0.3 is 19.5 Å². The topological polar surface area (TPSA) is 89.5 Å². The van der Waals surface area contributed by atoms with E-state index in [4.69, 9.17) is 20.0 Å². The number of methoxy groups -OCH3 is 1. The number of nitriles is 2. The summed E-state index contributed by atoms with van der Waals surface area (Å²) in [4.78, 5) is 1.88. The van der Waals surface area contributed by atoms with Crippen LogP contribution in [0, 0.1) is 22.7 Å². The number of nitrogens with zero attached hydrogens (tertiary/aromatic N) is 3. The molecule has 0 saturated heterocycles. The number of ether oxygens (including phenoxy) is 2. The number of aliphatic hydroxyl groups excluding tert-OH is 1. The molecule has 0 radical (unpaired) electrons. The number of allylic oxidation sites excluding steroid dienone is 1. The first-order valence-electron chi connectivity index (χ1n) is 8.10. The average Bonchev–Trinajstić information content (AvgIpc) is 3.01. The molecule has 3 rings (SSSR count). The molecule has 2 heterocycles. The summed E-state index contributed by atoms with van der Waals surface area (Å²) in [6.45, 7) is 1.03. The maximum absolute atomic E-state index is 10.2. The predicted molar refractivity (Wildman–Crippen MR) is 90.6 cm³/mol. The quantitative estimate of drug-likeness (QED) is 0.656. The van der Waals surface area contributed by atoms with Gasteiger partial charge in [0.15, 0.2) is 11.5 Å². The van der Waals surface area contributed by atoms with E-state index in [2.05, 4.69) is 0 Å². The maximum Gasteiger partial charge on any atom is 0.165 e. The molecular formula is C19H19N3O3. The van der Waals surface area contributed by atoms with Gasteiger partial charge in [0.1, 0.15) is 23.8 Å². The van der Waals surface area contributed by atoms with Crippen molar-refractivity contribution in [2.75, 3.05) is 13.7 Å². The zero-order valence-electron chi connectivity index (χ0n) is 14.0. The molecule has 1 N–H and O–H groups in total. The molecule has 0 saturated carbocycles. The van der Waals surface area contributed by atoms with Crippen molar-refractivity contribution in [1.82, 2.24) is 4.90 Å². The van der Waals surface area contributed by atoms with Gasteiger partial charge in [-0.25, -0.2) is 0 Å². The van der Waals surface area contributed by atoms with E-state index < -0.39 is 6.10 Å².